The van der Waals surface area contributed by atoms with Crippen LogP contribution in [0, 0.1) is 19.8 Å². The fraction of sp³-hybridized carbons (Fsp3) is 0.435. The summed E-state index contributed by atoms with van der Waals surface area (Å²) in [6, 6.07) is 5.85. The molecule has 160 valence electrons. The van der Waals surface area contributed by atoms with Crippen LogP contribution in [0.4, 0.5) is 0 Å². The van der Waals surface area contributed by atoms with E-state index in [1.54, 1.807) is 6.20 Å². The highest BCUT2D eigenvalue weighted by molar-refractivity contribution is 5.79. The molecule has 31 heavy (non-hydrogen) atoms. The molecule has 0 aromatic carbocycles. The van der Waals surface area contributed by atoms with E-state index in [9.17, 15) is 4.79 Å². The van der Waals surface area contributed by atoms with Gasteiger partial charge in [-0.1, -0.05) is 11.6 Å². The van der Waals surface area contributed by atoms with Gasteiger partial charge in [-0.2, -0.15) is 0 Å². The van der Waals surface area contributed by atoms with Crippen LogP contribution in [-0.4, -0.2) is 37.7 Å². The Morgan fingerprint density at radius 1 is 1.26 bits per heavy atom. The van der Waals surface area contributed by atoms with E-state index < -0.39 is 0 Å². The Morgan fingerprint density at radius 3 is 2.87 bits per heavy atom. The minimum absolute atomic E-state index is 0.210. The maximum atomic E-state index is 12.5. The van der Waals surface area contributed by atoms with Crippen molar-refractivity contribution < 1.29 is 14.1 Å². The lowest BCUT2D eigenvalue weighted by Crippen LogP contribution is -2.42. The number of carbonyl (C=O) groups excluding carboxylic acids is 1. The van der Waals surface area contributed by atoms with Crippen molar-refractivity contribution in [2.24, 2.45) is 5.92 Å². The predicted molar refractivity (Wildman–Crippen MR) is 112 cm³/mol. The molecular weight excluding hydrogens is 394 g/mol. The lowest BCUT2D eigenvalue weighted by molar-refractivity contribution is -0.139. The molecule has 3 aromatic rings. The average molecular weight is 419 g/mol. The second kappa shape index (κ2) is 8.09. The zero-order valence-corrected chi connectivity index (χ0v) is 17.8. The smallest absolute Gasteiger partial charge is 0.234 e. The van der Waals surface area contributed by atoms with E-state index in [-0.39, 0.29) is 18.4 Å². The van der Waals surface area contributed by atoms with Crippen LogP contribution in [0.3, 0.4) is 0 Å². The monoisotopic (exact) mass is 419 g/mol. The number of rotatable bonds is 5. The number of nitrogens with zero attached hydrogens (tertiary/aromatic N) is 5. The van der Waals surface area contributed by atoms with E-state index in [1.807, 2.05) is 36.9 Å². The Kier molecular flexibility index (Phi) is 5.13. The molecule has 1 aliphatic carbocycles. The highest BCUT2D eigenvalue weighted by atomic mass is 16.5. The number of hydrogen-bond acceptors (Lipinski definition) is 7. The number of pyridine rings is 1. The molecule has 0 radical (unpaired) electrons. The third kappa shape index (κ3) is 3.89. The minimum Gasteiger partial charge on any atom is -0.471 e. The van der Waals surface area contributed by atoms with E-state index >= 15 is 0 Å². The van der Waals surface area contributed by atoms with E-state index in [2.05, 4.69) is 20.3 Å². The van der Waals surface area contributed by atoms with Gasteiger partial charge in [0.05, 0.1) is 17.8 Å². The molecule has 0 saturated heterocycles. The van der Waals surface area contributed by atoms with Crippen LogP contribution in [0.15, 0.2) is 28.9 Å². The summed E-state index contributed by atoms with van der Waals surface area (Å²) in [5.41, 5.74) is 5.36. The lowest BCUT2D eigenvalue weighted by atomic mass is 9.84. The first-order chi connectivity index (χ1) is 15.1. The molecular formula is C23H25N5O3. The molecule has 5 rings (SSSR count). The number of ether oxygens (including phenoxy) is 1. The number of aromatic nitrogens is 4. The fourth-order valence-corrected chi connectivity index (χ4v) is 4.01. The normalized spacial score (nSPS) is 16.0. The first kappa shape index (κ1) is 19.7. The zero-order chi connectivity index (χ0) is 21.4. The van der Waals surface area contributed by atoms with Gasteiger partial charge < -0.3 is 14.2 Å². The Hall–Kier alpha value is -3.29. The molecule has 0 atom stereocenters. The fourth-order valence-electron chi connectivity index (χ4n) is 4.01. The molecule has 8 heteroatoms. The molecule has 3 aromatic heterocycles. The predicted octanol–water partition coefficient (Wildman–Crippen LogP) is 3.41. The number of fused-ring (bicyclic) bond motifs is 1. The quantitative estimate of drug-likeness (QED) is 0.625. The third-order valence-electron chi connectivity index (χ3n) is 6.23. The molecule has 1 aliphatic heterocycles. The van der Waals surface area contributed by atoms with Gasteiger partial charge in [-0.05, 0) is 50.8 Å². The van der Waals surface area contributed by atoms with E-state index in [4.69, 9.17) is 9.26 Å². The van der Waals surface area contributed by atoms with Crippen LogP contribution in [0.2, 0.25) is 0 Å². The van der Waals surface area contributed by atoms with Crippen molar-refractivity contribution in [2.45, 2.75) is 52.7 Å². The van der Waals surface area contributed by atoms with Crippen molar-refractivity contribution in [1.29, 1.82) is 0 Å². The highest BCUT2D eigenvalue weighted by Gasteiger charge is 2.31. The van der Waals surface area contributed by atoms with Gasteiger partial charge in [0.25, 0.3) is 0 Å². The van der Waals surface area contributed by atoms with Gasteiger partial charge in [-0.25, -0.2) is 0 Å². The van der Waals surface area contributed by atoms with Crippen LogP contribution >= 0.6 is 0 Å². The maximum absolute atomic E-state index is 12.5. The van der Waals surface area contributed by atoms with E-state index in [0.717, 1.165) is 66.0 Å². The van der Waals surface area contributed by atoms with Crippen LogP contribution in [0.1, 0.15) is 47.5 Å². The molecule has 2 aliphatic rings. The average Bonchev–Trinajstić information content (AvgIpc) is 3.11. The van der Waals surface area contributed by atoms with Crippen molar-refractivity contribution in [3.8, 4) is 17.1 Å². The number of hydrogen-bond donors (Lipinski definition) is 0. The Bertz CT molecular complexity index is 1100. The lowest BCUT2D eigenvalue weighted by Gasteiger charge is -2.34. The topological polar surface area (TPSA) is 94.2 Å². The summed E-state index contributed by atoms with van der Waals surface area (Å²) in [4.78, 5) is 18.8. The summed E-state index contributed by atoms with van der Waals surface area (Å²) in [7, 11) is 0. The van der Waals surface area contributed by atoms with E-state index in [1.165, 1.54) is 0 Å². The SMILES string of the molecule is Cc1ccc(-c2noc(C)c2COc2cc3c(nn2)CN(C(=O)C2CCC2)CC3)cn1. The molecule has 1 saturated carbocycles. The van der Waals surface area contributed by atoms with Crippen molar-refractivity contribution in [1.82, 2.24) is 25.2 Å². The zero-order valence-electron chi connectivity index (χ0n) is 17.8. The second-order valence-electron chi connectivity index (χ2n) is 8.33. The van der Waals surface area contributed by atoms with Crippen molar-refractivity contribution in [3.05, 3.63) is 52.7 Å². The standard InChI is InChI=1S/C23H25N5O3/c1-14-6-7-18(11-24-14)22-19(15(2)31-27-22)13-30-21-10-17-8-9-28(12-20(17)25-26-21)23(29)16-4-3-5-16/h6-7,10-11,16H,3-5,8-9,12-13H2,1-2H3. The summed E-state index contributed by atoms with van der Waals surface area (Å²) in [5.74, 6) is 1.64. The molecule has 4 heterocycles. The van der Waals surface area contributed by atoms with Gasteiger partial charge in [0, 0.05) is 36.0 Å². The van der Waals surface area contributed by atoms with Crippen LogP contribution in [0.25, 0.3) is 11.3 Å². The summed E-state index contributed by atoms with van der Waals surface area (Å²) >= 11 is 0. The van der Waals surface area contributed by atoms with Crippen molar-refractivity contribution in [2.75, 3.05) is 6.54 Å². The Labute approximate surface area is 180 Å². The Balaban J connectivity index is 1.28. The second-order valence-corrected chi connectivity index (χ2v) is 8.33. The molecule has 8 nitrogen and oxygen atoms in total. The number of aryl methyl sites for hydroxylation is 2. The van der Waals surface area contributed by atoms with Gasteiger partial charge in [0.1, 0.15) is 18.1 Å². The molecule has 1 amide bonds. The molecule has 0 spiro atoms. The van der Waals surface area contributed by atoms with Gasteiger partial charge in [-0.15, -0.1) is 10.2 Å². The molecule has 0 N–H and O–H groups in total. The molecule has 0 bridgehead atoms. The third-order valence-corrected chi connectivity index (χ3v) is 6.23. The molecule has 1 fully saturated rings. The largest absolute Gasteiger partial charge is 0.471 e. The summed E-state index contributed by atoms with van der Waals surface area (Å²) < 4.78 is 11.3. The number of carbonyl (C=O) groups is 1. The summed E-state index contributed by atoms with van der Waals surface area (Å²) in [5, 5.41) is 12.8. The van der Waals surface area contributed by atoms with Gasteiger partial charge in [-0.3, -0.25) is 9.78 Å². The van der Waals surface area contributed by atoms with E-state index in [0.29, 0.717) is 18.2 Å². The van der Waals surface area contributed by atoms with Crippen molar-refractivity contribution >= 4 is 5.91 Å². The minimum atomic E-state index is 0.210. The highest BCUT2D eigenvalue weighted by Crippen LogP contribution is 2.31. The first-order valence-electron chi connectivity index (χ1n) is 10.7. The van der Waals surface area contributed by atoms with Crippen LogP contribution in [-0.2, 0) is 24.4 Å². The van der Waals surface area contributed by atoms with Gasteiger partial charge >= 0.3 is 0 Å². The van der Waals surface area contributed by atoms with Gasteiger partial charge in [0.2, 0.25) is 11.8 Å². The summed E-state index contributed by atoms with van der Waals surface area (Å²) in [6.07, 6.45) is 5.75. The van der Waals surface area contributed by atoms with Crippen LogP contribution < -0.4 is 4.74 Å². The van der Waals surface area contributed by atoms with Gasteiger partial charge in [0.15, 0.2) is 0 Å². The maximum Gasteiger partial charge on any atom is 0.234 e. The molecule has 0 unspecified atom stereocenters. The number of amides is 1. The first-order valence-corrected chi connectivity index (χ1v) is 10.7. The summed E-state index contributed by atoms with van der Waals surface area (Å²) in [6.45, 7) is 5.34. The van der Waals surface area contributed by atoms with Crippen LogP contribution in [0.5, 0.6) is 5.88 Å². The van der Waals surface area contributed by atoms with Crippen molar-refractivity contribution in [3.63, 3.8) is 0 Å². The Morgan fingerprint density at radius 2 is 2.13 bits per heavy atom.